The van der Waals surface area contributed by atoms with E-state index in [0.29, 0.717) is 37.2 Å². The van der Waals surface area contributed by atoms with Crippen molar-refractivity contribution in [1.29, 1.82) is 0 Å². The van der Waals surface area contributed by atoms with E-state index in [2.05, 4.69) is 15.0 Å². The zero-order chi connectivity index (χ0) is 26.0. The van der Waals surface area contributed by atoms with Gasteiger partial charge in [-0.15, -0.1) is 0 Å². The Kier molecular flexibility index (Phi) is 11.4. The van der Waals surface area contributed by atoms with Crippen LogP contribution in [0.25, 0.3) is 0 Å². The SMILES string of the molecule is CCCCN(CCCC)S(=O)(=O)N[C@@H](Cc1ccc(NC(=O)c2c(Cl)cncc2Cl)cc1)C(=O)O. The van der Waals surface area contributed by atoms with Crippen LogP contribution in [0.15, 0.2) is 36.7 Å². The van der Waals surface area contributed by atoms with Gasteiger partial charge in [0.15, 0.2) is 0 Å². The van der Waals surface area contributed by atoms with Crippen LogP contribution in [0.1, 0.15) is 55.5 Å². The third-order valence-electron chi connectivity index (χ3n) is 5.18. The molecule has 0 aliphatic heterocycles. The number of nitrogens with zero attached hydrogens (tertiary/aromatic N) is 2. The van der Waals surface area contributed by atoms with Gasteiger partial charge in [-0.2, -0.15) is 17.4 Å². The summed E-state index contributed by atoms with van der Waals surface area (Å²) in [5.41, 5.74) is 1.09. The summed E-state index contributed by atoms with van der Waals surface area (Å²) in [6.07, 6.45) is 5.57. The van der Waals surface area contributed by atoms with E-state index in [1.54, 1.807) is 24.3 Å². The van der Waals surface area contributed by atoms with Gasteiger partial charge in [0.2, 0.25) is 0 Å². The normalized spacial score (nSPS) is 12.5. The zero-order valence-electron chi connectivity index (χ0n) is 19.6. The van der Waals surface area contributed by atoms with E-state index in [1.807, 2.05) is 13.8 Å². The van der Waals surface area contributed by atoms with E-state index in [0.717, 1.165) is 12.8 Å². The standard InChI is InChI=1S/C23H30Cl2N4O5S/c1-3-5-11-29(12-6-4-2)35(33,34)28-20(23(31)32)13-16-7-9-17(10-8-16)27-22(30)21-18(24)14-26-15-19(21)25/h7-10,14-15,20,28H,3-6,11-13H2,1-2H3,(H,27,30)(H,31,32)/t20-/m0/s1. The van der Waals surface area contributed by atoms with Crippen molar-refractivity contribution >= 4 is 51.0 Å². The summed E-state index contributed by atoms with van der Waals surface area (Å²) in [6, 6.07) is 5.04. The number of carbonyl (C=O) groups is 2. The lowest BCUT2D eigenvalue weighted by Crippen LogP contribution is -2.49. The van der Waals surface area contributed by atoms with Crippen molar-refractivity contribution in [1.82, 2.24) is 14.0 Å². The van der Waals surface area contributed by atoms with Crippen molar-refractivity contribution in [2.24, 2.45) is 0 Å². The number of aliphatic carboxylic acids is 1. The molecule has 12 heteroatoms. The number of aromatic nitrogens is 1. The molecule has 3 N–H and O–H groups in total. The van der Waals surface area contributed by atoms with E-state index >= 15 is 0 Å². The van der Waals surface area contributed by atoms with Gasteiger partial charge in [-0.25, -0.2) is 0 Å². The highest BCUT2D eigenvalue weighted by Crippen LogP contribution is 2.24. The molecule has 1 aromatic heterocycles. The van der Waals surface area contributed by atoms with Gasteiger partial charge in [0.05, 0.1) is 15.6 Å². The van der Waals surface area contributed by atoms with Crippen molar-refractivity contribution in [3.8, 4) is 0 Å². The molecule has 0 spiro atoms. The minimum atomic E-state index is -3.98. The summed E-state index contributed by atoms with van der Waals surface area (Å²) in [6.45, 7) is 4.59. The Labute approximate surface area is 216 Å². The first kappa shape index (κ1) is 29.0. The lowest BCUT2D eigenvalue weighted by atomic mass is 10.1. The van der Waals surface area contributed by atoms with Crippen LogP contribution in [-0.4, -0.2) is 53.8 Å². The van der Waals surface area contributed by atoms with E-state index in [1.165, 1.54) is 16.7 Å². The van der Waals surface area contributed by atoms with Crippen molar-refractivity contribution in [3.63, 3.8) is 0 Å². The Balaban J connectivity index is 2.10. The quantitative estimate of drug-likeness (QED) is 0.323. The van der Waals surface area contributed by atoms with Crippen LogP contribution in [0.3, 0.4) is 0 Å². The molecule has 1 amide bonds. The number of unbranched alkanes of at least 4 members (excludes halogenated alkanes) is 2. The molecule has 1 aromatic carbocycles. The molecule has 0 unspecified atom stereocenters. The first-order chi connectivity index (χ1) is 16.6. The first-order valence-electron chi connectivity index (χ1n) is 11.3. The first-order valence-corrected chi connectivity index (χ1v) is 13.5. The fraction of sp³-hybridized carbons (Fsp3) is 0.435. The Morgan fingerprint density at radius 2 is 1.57 bits per heavy atom. The smallest absolute Gasteiger partial charge is 0.322 e. The summed E-state index contributed by atoms with van der Waals surface area (Å²) >= 11 is 12.0. The molecule has 2 rings (SSSR count). The van der Waals surface area contributed by atoms with Crippen LogP contribution in [0, 0.1) is 0 Å². The van der Waals surface area contributed by atoms with Gasteiger partial charge in [0.25, 0.3) is 16.1 Å². The highest BCUT2D eigenvalue weighted by atomic mass is 35.5. The molecule has 0 radical (unpaired) electrons. The van der Waals surface area contributed by atoms with Gasteiger partial charge >= 0.3 is 5.97 Å². The second-order valence-electron chi connectivity index (χ2n) is 7.95. The van der Waals surface area contributed by atoms with Crippen LogP contribution in [0.4, 0.5) is 5.69 Å². The number of carboxylic acid groups (broad SMARTS) is 1. The van der Waals surface area contributed by atoms with Crippen LogP contribution < -0.4 is 10.0 Å². The number of carbonyl (C=O) groups excluding carboxylic acids is 1. The summed E-state index contributed by atoms with van der Waals surface area (Å²) in [7, 11) is -3.98. The Hall–Kier alpha value is -2.24. The predicted molar refractivity (Wildman–Crippen MR) is 137 cm³/mol. The van der Waals surface area contributed by atoms with Crippen LogP contribution in [0.5, 0.6) is 0 Å². The number of halogens is 2. The van der Waals surface area contributed by atoms with Crippen molar-refractivity contribution in [2.45, 2.75) is 52.0 Å². The molecule has 0 saturated carbocycles. The third kappa shape index (κ3) is 8.73. The molecule has 0 aliphatic rings. The number of benzene rings is 1. The number of pyridine rings is 1. The molecule has 0 fully saturated rings. The van der Waals surface area contributed by atoms with Gasteiger partial charge in [-0.05, 0) is 37.0 Å². The molecule has 0 saturated heterocycles. The maximum absolute atomic E-state index is 12.9. The number of carboxylic acids is 1. The highest BCUT2D eigenvalue weighted by molar-refractivity contribution is 7.87. The average Bonchev–Trinajstić information content (AvgIpc) is 2.79. The van der Waals surface area contributed by atoms with Gasteiger partial charge in [0, 0.05) is 31.2 Å². The number of rotatable bonds is 14. The van der Waals surface area contributed by atoms with Crippen molar-refractivity contribution < 1.29 is 23.1 Å². The molecule has 0 bridgehead atoms. The lowest BCUT2D eigenvalue weighted by Gasteiger charge is -2.24. The monoisotopic (exact) mass is 544 g/mol. The predicted octanol–water partition coefficient (Wildman–Crippen LogP) is 4.37. The fourth-order valence-corrected chi connectivity index (χ4v) is 5.20. The van der Waals surface area contributed by atoms with Gasteiger partial charge in [-0.1, -0.05) is 62.0 Å². The largest absolute Gasteiger partial charge is 0.480 e. The second kappa shape index (κ2) is 13.7. The fourth-order valence-electron chi connectivity index (χ4n) is 3.24. The van der Waals surface area contributed by atoms with Crippen LogP contribution >= 0.6 is 23.2 Å². The molecular weight excluding hydrogens is 515 g/mol. The number of amides is 1. The van der Waals surface area contributed by atoms with Crippen molar-refractivity contribution in [2.75, 3.05) is 18.4 Å². The molecule has 9 nitrogen and oxygen atoms in total. The molecule has 2 aromatic rings. The number of nitrogens with one attached hydrogen (secondary N) is 2. The number of hydrogen-bond donors (Lipinski definition) is 3. The maximum Gasteiger partial charge on any atom is 0.322 e. The molecule has 192 valence electrons. The maximum atomic E-state index is 12.9. The molecular formula is C23H30Cl2N4O5S. The Bertz CT molecular complexity index is 1090. The van der Waals surface area contributed by atoms with E-state index in [4.69, 9.17) is 23.2 Å². The summed E-state index contributed by atoms with van der Waals surface area (Å²) in [5, 5.41) is 12.5. The van der Waals surface area contributed by atoms with E-state index < -0.39 is 28.1 Å². The van der Waals surface area contributed by atoms with E-state index in [9.17, 15) is 23.1 Å². The Morgan fingerprint density at radius 1 is 1.03 bits per heavy atom. The van der Waals surface area contributed by atoms with Gasteiger partial charge in [-0.3, -0.25) is 14.6 Å². The zero-order valence-corrected chi connectivity index (χ0v) is 22.0. The summed E-state index contributed by atoms with van der Waals surface area (Å²) in [4.78, 5) is 28.2. The topological polar surface area (TPSA) is 129 Å². The number of anilines is 1. The Morgan fingerprint density at radius 3 is 2.06 bits per heavy atom. The molecule has 1 heterocycles. The van der Waals surface area contributed by atoms with Gasteiger partial charge < -0.3 is 10.4 Å². The number of hydrogen-bond acceptors (Lipinski definition) is 5. The molecule has 35 heavy (non-hydrogen) atoms. The minimum Gasteiger partial charge on any atom is -0.480 e. The van der Waals surface area contributed by atoms with Crippen LogP contribution in [-0.2, 0) is 21.4 Å². The third-order valence-corrected chi connectivity index (χ3v) is 7.38. The minimum absolute atomic E-state index is 0.0692. The molecule has 1 atom stereocenters. The van der Waals surface area contributed by atoms with E-state index in [-0.39, 0.29) is 22.0 Å². The molecule has 0 aliphatic carbocycles. The average molecular weight is 545 g/mol. The highest BCUT2D eigenvalue weighted by Gasteiger charge is 2.29. The van der Waals surface area contributed by atoms with Crippen molar-refractivity contribution in [3.05, 3.63) is 57.8 Å². The lowest BCUT2D eigenvalue weighted by molar-refractivity contribution is -0.138. The summed E-state index contributed by atoms with van der Waals surface area (Å²) < 4.78 is 29.4. The second-order valence-corrected chi connectivity index (χ2v) is 10.5. The van der Waals surface area contributed by atoms with Crippen LogP contribution in [0.2, 0.25) is 10.0 Å². The van der Waals surface area contributed by atoms with Gasteiger partial charge in [0.1, 0.15) is 6.04 Å². The summed E-state index contributed by atoms with van der Waals surface area (Å²) in [5.74, 6) is -1.80.